The van der Waals surface area contributed by atoms with Gasteiger partial charge in [-0.05, 0) is 80.5 Å². The van der Waals surface area contributed by atoms with Gasteiger partial charge in [0.1, 0.15) is 11.5 Å². The van der Waals surface area contributed by atoms with E-state index < -0.39 is 0 Å². The number of phenolic OH excluding ortho intramolecular Hbond substituents is 2. The van der Waals surface area contributed by atoms with E-state index in [4.69, 9.17) is 0 Å². The smallest absolute Gasteiger partial charge is 0.127 e. The van der Waals surface area contributed by atoms with Crippen LogP contribution in [0.5, 0.6) is 11.5 Å². The molecule has 22 heavy (non-hydrogen) atoms. The Kier molecular flexibility index (Phi) is 4.06. The Morgan fingerprint density at radius 3 is 1.82 bits per heavy atom. The summed E-state index contributed by atoms with van der Waals surface area (Å²) in [5, 5.41) is 21.3. The number of hydrogen-bond donors (Lipinski definition) is 2. The molecule has 0 saturated heterocycles. The minimum absolute atomic E-state index is 0.238. The van der Waals surface area contributed by atoms with Crippen molar-refractivity contribution in [1.29, 1.82) is 0 Å². The molecule has 0 aliphatic heterocycles. The van der Waals surface area contributed by atoms with Gasteiger partial charge in [-0.2, -0.15) is 0 Å². The second-order valence-corrected chi connectivity index (χ2v) is 6.08. The first kappa shape index (κ1) is 16.2. The molecule has 116 valence electrons. The quantitative estimate of drug-likeness (QED) is 0.793. The fourth-order valence-corrected chi connectivity index (χ4v) is 3.15. The van der Waals surface area contributed by atoms with E-state index in [2.05, 4.69) is 6.58 Å². The molecule has 0 spiro atoms. The molecule has 0 bridgehead atoms. The molecule has 2 heteroatoms. The van der Waals surface area contributed by atoms with Crippen molar-refractivity contribution in [2.45, 2.75) is 41.5 Å². The van der Waals surface area contributed by atoms with Gasteiger partial charge in [0.05, 0.1) is 0 Å². The molecular weight excluding hydrogens is 272 g/mol. The molecule has 0 amide bonds. The lowest BCUT2D eigenvalue weighted by Gasteiger charge is -2.21. The van der Waals surface area contributed by atoms with Crippen LogP contribution in [-0.4, -0.2) is 10.2 Å². The fraction of sp³-hybridized carbons (Fsp3) is 0.300. The number of phenols is 2. The molecule has 2 N–H and O–H groups in total. The second kappa shape index (κ2) is 5.53. The maximum Gasteiger partial charge on any atom is 0.127 e. The Morgan fingerprint density at radius 1 is 0.727 bits per heavy atom. The summed E-state index contributed by atoms with van der Waals surface area (Å²) >= 11 is 0. The highest BCUT2D eigenvalue weighted by Crippen LogP contribution is 2.46. The average Bonchev–Trinajstić information content (AvgIpc) is 2.47. The Morgan fingerprint density at radius 2 is 1.27 bits per heavy atom. The van der Waals surface area contributed by atoms with E-state index in [1.165, 1.54) is 0 Å². The van der Waals surface area contributed by atoms with Gasteiger partial charge in [-0.1, -0.05) is 18.7 Å². The van der Waals surface area contributed by atoms with E-state index in [9.17, 15) is 10.2 Å². The Labute approximate surface area is 132 Å². The van der Waals surface area contributed by atoms with Gasteiger partial charge in [0.15, 0.2) is 0 Å². The SMILES string of the molecule is C=Cc1c(C)c(C)c(O)c(-c2c(C)cc(C)c(C)c2O)c1C. The Balaban J connectivity index is 3.00. The molecule has 0 saturated carbocycles. The molecule has 0 aliphatic rings. The molecular formula is C20H24O2. The minimum atomic E-state index is 0.238. The molecule has 2 aromatic carbocycles. The first-order valence-electron chi connectivity index (χ1n) is 7.47. The van der Waals surface area contributed by atoms with Gasteiger partial charge in [-0.3, -0.25) is 0 Å². The highest BCUT2D eigenvalue weighted by atomic mass is 16.3. The number of benzene rings is 2. The highest BCUT2D eigenvalue weighted by molar-refractivity contribution is 5.86. The van der Waals surface area contributed by atoms with Gasteiger partial charge in [-0.15, -0.1) is 0 Å². The Bertz CT molecular complexity index is 784. The van der Waals surface area contributed by atoms with E-state index in [-0.39, 0.29) is 11.5 Å². The number of hydrogen-bond acceptors (Lipinski definition) is 2. The summed E-state index contributed by atoms with van der Waals surface area (Å²) < 4.78 is 0. The summed E-state index contributed by atoms with van der Waals surface area (Å²) in [5.41, 5.74) is 8.07. The maximum absolute atomic E-state index is 10.7. The summed E-state index contributed by atoms with van der Waals surface area (Å²) in [4.78, 5) is 0. The normalized spacial score (nSPS) is 10.8. The highest BCUT2D eigenvalue weighted by Gasteiger charge is 2.22. The fourth-order valence-electron chi connectivity index (χ4n) is 3.15. The minimum Gasteiger partial charge on any atom is -0.507 e. The van der Waals surface area contributed by atoms with Crippen molar-refractivity contribution in [3.63, 3.8) is 0 Å². The van der Waals surface area contributed by atoms with E-state index >= 15 is 0 Å². The van der Waals surface area contributed by atoms with Crippen LogP contribution in [0.1, 0.15) is 38.9 Å². The van der Waals surface area contributed by atoms with Crippen molar-refractivity contribution >= 4 is 6.08 Å². The van der Waals surface area contributed by atoms with E-state index in [0.717, 1.165) is 38.9 Å². The topological polar surface area (TPSA) is 40.5 Å². The maximum atomic E-state index is 10.7. The molecule has 0 aliphatic carbocycles. The molecule has 2 nitrogen and oxygen atoms in total. The van der Waals surface area contributed by atoms with Crippen LogP contribution in [0.2, 0.25) is 0 Å². The lowest BCUT2D eigenvalue weighted by Crippen LogP contribution is -1.99. The largest absolute Gasteiger partial charge is 0.507 e. The van der Waals surface area contributed by atoms with Crippen LogP contribution in [0.25, 0.3) is 17.2 Å². The van der Waals surface area contributed by atoms with Crippen LogP contribution in [0, 0.1) is 41.5 Å². The van der Waals surface area contributed by atoms with Gasteiger partial charge in [-0.25, -0.2) is 0 Å². The Hall–Kier alpha value is -2.22. The van der Waals surface area contributed by atoms with Crippen molar-refractivity contribution in [2.24, 2.45) is 0 Å². The second-order valence-electron chi connectivity index (χ2n) is 6.08. The molecule has 0 atom stereocenters. The van der Waals surface area contributed by atoms with E-state index in [0.29, 0.717) is 11.1 Å². The zero-order valence-electron chi connectivity index (χ0n) is 14.3. The van der Waals surface area contributed by atoms with Crippen molar-refractivity contribution < 1.29 is 10.2 Å². The predicted molar refractivity (Wildman–Crippen MR) is 93.7 cm³/mol. The lowest BCUT2D eigenvalue weighted by molar-refractivity contribution is 0.463. The molecule has 0 heterocycles. The third-order valence-corrected chi connectivity index (χ3v) is 4.80. The first-order valence-corrected chi connectivity index (χ1v) is 7.47. The van der Waals surface area contributed by atoms with Gasteiger partial charge in [0.2, 0.25) is 0 Å². The summed E-state index contributed by atoms with van der Waals surface area (Å²) in [5.74, 6) is 0.483. The standard InChI is InChI=1S/C20H24O2/c1-8-16-13(5)14(6)20(22)18(15(16)7)17-11(3)9-10(2)12(4)19(17)21/h8-9,21-22H,1H2,2-7H3. The zero-order valence-corrected chi connectivity index (χ0v) is 14.3. The lowest BCUT2D eigenvalue weighted by atomic mass is 9.85. The molecule has 0 unspecified atom stereocenters. The van der Waals surface area contributed by atoms with E-state index in [1.54, 1.807) is 0 Å². The van der Waals surface area contributed by atoms with Crippen molar-refractivity contribution in [2.75, 3.05) is 0 Å². The van der Waals surface area contributed by atoms with Crippen LogP contribution in [0.15, 0.2) is 12.6 Å². The summed E-state index contributed by atoms with van der Waals surface area (Å²) in [6.07, 6.45) is 1.81. The predicted octanol–water partition coefficient (Wildman–Crippen LogP) is 5.26. The van der Waals surface area contributed by atoms with Gasteiger partial charge in [0.25, 0.3) is 0 Å². The molecule has 0 radical (unpaired) electrons. The van der Waals surface area contributed by atoms with Crippen LogP contribution >= 0.6 is 0 Å². The van der Waals surface area contributed by atoms with Gasteiger partial charge >= 0.3 is 0 Å². The number of aryl methyl sites for hydroxylation is 2. The third kappa shape index (κ3) is 2.19. The van der Waals surface area contributed by atoms with Crippen molar-refractivity contribution in [3.05, 3.63) is 51.6 Å². The molecule has 2 aromatic rings. The number of rotatable bonds is 2. The van der Waals surface area contributed by atoms with Crippen LogP contribution < -0.4 is 0 Å². The van der Waals surface area contributed by atoms with Crippen LogP contribution in [0.3, 0.4) is 0 Å². The summed E-state index contributed by atoms with van der Waals surface area (Å²) in [7, 11) is 0. The molecule has 2 rings (SSSR count). The van der Waals surface area contributed by atoms with Gasteiger partial charge in [0, 0.05) is 11.1 Å². The van der Waals surface area contributed by atoms with Gasteiger partial charge < -0.3 is 10.2 Å². The molecule has 0 fully saturated rings. The third-order valence-electron chi connectivity index (χ3n) is 4.80. The zero-order chi connectivity index (χ0) is 16.8. The monoisotopic (exact) mass is 296 g/mol. The summed E-state index contributed by atoms with van der Waals surface area (Å²) in [6, 6.07) is 2.05. The molecule has 0 aromatic heterocycles. The number of aromatic hydroxyl groups is 2. The average molecular weight is 296 g/mol. The van der Waals surface area contributed by atoms with Crippen LogP contribution in [0.4, 0.5) is 0 Å². The first-order chi connectivity index (χ1) is 10.2. The summed E-state index contributed by atoms with van der Waals surface area (Å²) in [6.45, 7) is 15.6. The van der Waals surface area contributed by atoms with E-state index in [1.807, 2.05) is 53.7 Å². The van der Waals surface area contributed by atoms with Crippen molar-refractivity contribution in [1.82, 2.24) is 0 Å². The van der Waals surface area contributed by atoms with Crippen LogP contribution in [-0.2, 0) is 0 Å². The van der Waals surface area contributed by atoms with Crippen molar-refractivity contribution in [3.8, 4) is 22.6 Å².